The molecule has 0 bridgehead atoms. The molecule has 0 saturated carbocycles. The lowest BCUT2D eigenvalue weighted by molar-refractivity contribution is -0.143. The van der Waals surface area contributed by atoms with E-state index in [0.29, 0.717) is 5.56 Å². The maximum atomic E-state index is 13.3. The molecule has 4 aromatic rings. The number of nitrogens with two attached hydrogens (primary N) is 1. The Kier molecular flexibility index (Phi) is 9.78. The Balaban J connectivity index is 1.45. The minimum atomic E-state index is -1.48. The number of aromatic amines is 2. The van der Waals surface area contributed by atoms with Gasteiger partial charge in [-0.3, -0.25) is 19.2 Å². The zero-order valence-corrected chi connectivity index (χ0v) is 23.4. The van der Waals surface area contributed by atoms with Crippen LogP contribution in [-0.2, 0) is 36.8 Å². The van der Waals surface area contributed by atoms with E-state index in [-0.39, 0.29) is 19.3 Å². The predicted octanol–water partition coefficient (Wildman–Crippen LogP) is 1.19. The third-order valence-electron chi connectivity index (χ3n) is 7.20. The summed E-state index contributed by atoms with van der Waals surface area (Å²) in [5.74, 6) is -4.69. The van der Waals surface area contributed by atoms with Crippen LogP contribution in [0.5, 0.6) is 0 Å². The SMILES string of the molecule is CC(NC(=O)C(N)Cc1c[nH]c2ccccc12)C(=O)NC(Cc1c[nH]c2ccccc12)C(=O)NC(CCC(=O)O)C(=O)O. The van der Waals surface area contributed by atoms with Crippen molar-refractivity contribution in [2.24, 2.45) is 5.73 Å². The molecule has 13 heteroatoms. The number of para-hydroxylation sites is 2. The number of aliphatic carboxylic acids is 2. The smallest absolute Gasteiger partial charge is 0.326 e. The van der Waals surface area contributed by atoms with E-state index in [0.717, 1.165) is 27.4 Å². The first kappa shape index (κ1) is 30.8. The molecule has 2 aromatic heterocycles. The first-order valence-corrected chi connectivity index (χ1v) is 13.7. The van der Waals surface area contributed by atoms with Crippen molar-refractivity contribution in [1.29, 1.82) is 0 Å². The van der Waals surface area contributed by atoms with Gasteiger partial charge in [0.1, 0.15) is 18.1 Å². The van der Waals surface area contributed by atoms with Crippen molar-refractivity contribution < 1.29 is 34.2 Å². The van der Waals surface area contributed by atoms with Crippen LogP contribution < -0.4 is 21.7 Å². The van der Waals surface area contributed by atoms with Gasteiger partial charge in [-0.15, -0.1) is 0 Å². The zero-order chi connectivity index (χ0) is 31.1. The molecular weight excluding hydrogens is 556 g/mol. The second-order valence-electron chi connectivity index (χ2n) is 10.4. The summed E-state index contributed by atoms with van der Waals surface area (Å²) in [4.78, 5) is 68.2. The van der Waals surface area contributed by atoms with Gasteiger partial charge in [0.15, 0.2) is 0 Å². The Morgan fingerprint density at radius 1 is 0.744 bits per heavy atom. The highest BCUT2D eigenvalue weighted by atomic mass is 16.4. The average Bonchev–Trinajstić information content (AvgIpc) is 3.58. The summed E-state index contributed by atoms with van der Waals surface area (Å²) in [6.07, 6.45) is 2.87. The number of hydrogen-bond acceptors (Lipinski definition) is 6. The molecule has 0 spiro atoms. The fourth-order valence-corrected chi connectivity index (χ4v) is 4.84. The van der Waals surface area contributed by atoms with Crippen LogP contribution in [0, 0.1) is 0 Å². The Morgan fingerprint density at radius 2 is 1.28 bits per heavy atom. The largest absolute Gasteiger partial charge is 0.481 e. The van der Waals surface area contributed by atoms with Gasteiger partial charge in [-0.1, -0.05) is 36.4 Å². The molecule has 4 rings (SSSR count). The first-order chi connectivity index (χ1) is 20.5. The van der Waals surface area contributed by atoms with Crippen LogP contribution in [0.2, 0.25) is 0 Å². The maximum Gasteiger partial charge on any atom is 0.326 e. The van der Waals surface area contributed by atoms with Crippen molar-refractivity contribution in [1.82, 2.24) is 25.9 Å². The van der Waals surface area contributed by atoms with Crippen molar-refractivity contribution in [3.63, 3.8) is 0 Å². The molecular formula is C30H34N6O7. The van der Waals surface area contributed by atoms with Gasteiger partial charge in [-0.2, -0.15) is 0 Å². The van der Waals surface area contributed by atoms with Crippen molar-refractivity contribution in [3.05, 3.63) is 72.1 Å². The number of fused-ring (bicyclic) bond motifs is 2. The number of rotatable bonds is 14. The fourth-order valence-electron chi connectivity index (χ4n) is 4.84. The van der Waals surface area contributed by atoms with E-state index in [2.05, 4.69) is 25.9 Å². The standard InChI is InChI=1S/C30H34N6O7/c1-16(34-28(40)21(31)12-17-14-32-22-8-4-2-6-19(17)22)27(39)36-25(13-18-15-33-23-9-5-3-7-20(18)23)29(41)35-24(30(42)43)10-11-26(37)38/h2-9,14-16,21,24-25,32-33H,10-13,31H2,1H3,(H,34,40)(H,35,41)(H,36,39)(H,37,38)(H,42,43). The van der Waals surface area contributed by atoms with Gasteiger partial charge in [0.05, 0.1) is 6.04 Å². The number of benzene rings is 2. The van der Waals surface area contributed by atoms with Crippen molar-refractivity contribution in [2.75, 3.05) is 0 Å². The molecule has 4 atom stereocenters. The highest BCUT2D eigenvalue weighted by Gasteiger charge is 2.30. The molecule has 43 heavy (non-hydrogen) atoms. The van der Waals surface area contributed by atoms with Crippen LogP contribution in [0.1, 0.15) is 30.9 Å². The van der Waals surface area contributed by atoms with Crippen LogP contribution in [0.4, 0.5) is 0 Å². The average molecular weight is 591 g/mol. The molecule has 0 radical (unpaired) electrons. The molecule has 3 amide bonds. The second-order valence-corrected chi connectivity index (χ2v) is 10.4. The lowest BCUT2D eigenvalue weighted by atomic mass is 10.0. The van der Waals surface area contributed by atoms with Crippen molar-refractivity contribution in [3.8, 4) is 0 Å². The Hall–Kier alpha value is -5.17. The Labute approximate surface area is 246 Å². The fraction of sp³-hybridized carbons (Fsp3) is 0.300. The number of aromatic nitrogens is 2. The monoisotopic (exact) mass is 590 g/mol. The van der Waals surface area contributed by atoms with Gasteiger partial charge in [0.2, 0.25) is 17.7 Å². The number of carboxylic acids is 2. The molecule has 0 aliphatic rings. The summed E-state index contributed by atoms with van der Waals surface area (Å²) >= 11 is 0. The third kappa shape index (κ3) is 7.77. The molecule has 2 heterocycles. The number of nitrogens with one attached hydrogen (secondary N) is 5. The predicted molar refractivity (Wildman–Crippen MR) is 158 cm³/mol. The van der Waals surface area contributed by atoms with E-state index < -0.39 is 60.2 Å². The van der Waals surface area contributed by atoms with Gasteiger partial charge in [0.25, 0.3) is 0 Å². The van der Waals surface area contributed by atoms with Crippen LogP contribution >= 0.6 is 0 Å². The molecule has 13 nitrogen and oxygen atoms in total. The van der Waals surface area contributed by atoms with E-state index >= 15 is 0 Å². The lowest BCUT2D eigenvalue weighted by Crippen LogP contribution is -2.57. The summed E-state index contributed by atoms with van der Waals surface area (Å²) in [7, 11) is 0. The minimum absolute atomic E-state index is 0.00635. The number of carbonyl (C=O) groups excluding carboxylic acids is 3. The van der Waals surface area contributed by atoms with E-state index in [1.165, 1.54) is 6.92 Å². The van der Waals surface area contributed by atoms with Gasteiger partial charge < -0.3 is 41.9 Å². The first-order valence-electron chi connectivity index (χ1n) is 13.7. The molecule has 0 aliphatic carbocycles. The van der Waals surface area contributed by atoms with Crippen molar-refractivity contribution in [2.45, 2.75) is 56.8 Å². The highest BCUT2D eigenvalue weighted by molar-refractivity contribution is 5.95. The van der Waals surface area contributed by atoms with E-state index in [1.54, 1.807) is 12.4 Å². The van der Waals surface area contributed by atoms with Crippen LogP contribution in [0.25, 0.3) is 21.8 Å². The summed E-state index contributed by atoms with van der Waals surface area (Å²) in [6, 6.07) is 10.2. The zero-order valence-electron chi connectivity index (χ0n) is 23.4. The van der Waals surface area contributed by atoms with E-state index in [4.69, 9.17) is 10.8 Å². The van der Waals surface area contributed by atoms with Crippen LogP contribution in [0.3, 0.4) is 0 Å². The molecule has 0 aliphatic heterocycles. The summed E-state index contributed by atoms with van der Waals surface area (Å²) in [5.41, 5.74) is 9.40. The quantitative estimate of drug-likeness (QED) is 0.106. The molecule has 226 valence electrons. The normalized spacial score (nSPS) is 14.0. The number of H-pyrrole nitrogens is 2. The molecule has 2 aromatic carbocycles. The summed E-state index contributed by atoms with van der Waals surface area (Å²) in [6.45, 7) is 1.44. The number of carboxylic acid groups (broad SMARTS) is 2. The van der Waals surface area contributed by atoms with Crippen LogP contribution in [-0.4, -0.2) is 74.0 Å². The highest BCUT2D eigenvalue weighted by Crippen LogP contribution is 2.20. The molecule has 0 saturated heterocycles. The number of amides is 3. The Morgan fingerprint density at radius 3 is 1.84 bits per heavy atom. The number of hydrogen-bond donors (Lipinski definition) is 8. The van der Waals surface area contributed by atoms with Crippen molar-refractivity contribution >= 4 is 51.5 Å². The van der Waals surface area contributed by atoms with Crippen LogP contribution in [0.15, 0.2) is 60.9 Å². The molecule has 0 fully saturated rings. The molecule has 9 N–H and O–H groups in total. The third-order valence-corrected chi connectivity index (χ3v) is 7.20. The Bertz CT molecular complexity index is 1640. The van der Waals surface area contributed by atoms with Gasteiger partial charge >= 0.3 is 11.9 Å². The van der Waals surface area contributed by atoms with Gasteiger partial charge in [-0.25, -0.2) is 4.79 Å². The van der Waals surface area contributed by atoms with Gasteiger partial charge in [-0.05, 0) is 43.0 Å². The summed E-state index contributed by atoms with van der Waals surface area (Å²) in [5, 5.41) is 27.8. The second kappa shape index (κ2) is 13.7. The molecule has 4 unspecified atom stereocenters. The van der Waals surface area contributed by atoms with E-state index in [1.807, 2.05) is 48.5 Å². The van der Waals surface area contributed by atoms with Gasteiger partial charge in [0, 0.05) is 47.0 Å². The topological polar surface area (TPSA) is 219 Å². The number of carbonyl (C=O) groups is 5. The summed E-state index contributed by atoms with van der Waals surface area (Å²) < 4.78 is 0. The van der Waals surface area contributed by atoms with E-state index in [9.17, 15) is 29.1 Å². The maximum absolute atomic E-state index is 13.3. The lowest BCUT2D eigenvalue weighted by Gasteiger charge is -2.23. The minimum Gasteiger partial charge on any atom is -0.481 e.